The summed E-state index contributed by atoms with van der Waals surface area (Å²) in [5, 5.41) is 13.1. The monoisotopic (exact) mass is 533 g/mol. The first-order valence-electron chi connectivity index (χ1n) is 11.9. The van der Waals surface area contributed by atoms with E-state index in [2.05, 4.69) is 16.4 Å². The molecule has 2 fully saturated rings. The van der Waals surface area contributed by atoms with Crippen molar-refractivity contribution in [2.24, 2.45) is 0 Å². The summed E-state index contributed by atoms with van der Waals surface area (Å²) in [5.41, 5.74) is 1.92. The third-order valence-electron chi connectivity index (χ3n) is 6.98. The number of thioether (sulfide) groups is 1. The van der Waals surface area contributed by atoms with Crippen LogP contribution in [-0.2, 0) is 4.79 Å². The number of alkyl halides is 2. The van der Waals surface area contributed by atoms with E-state index in [0.717, 1.165) is 4.90 Å². The summed E-state index contributed by atoms with van der Waals surface area (Å²) in [6.45, 7) is -0.169. The van der Waals surface area contributed by atoms with Crippen LogP contribution in [0.15, 0.2) is 54.9 Å². The zero-order chi connectivity index (χ0) is 26.6. The zero-order valence-electron chi connectivity index (χ0n) is 20.1. The lowest BCUT2D eigenvalue weighted by atomic mass is 10.0. The second kappa shape index (κ2) is 8.99. The standard InChI is InChI=1S/C27H21F2N5O3S/c1-37-18-5-3-15(11-30)20(9-18)23-10-21-24(38-23)25(35)34(26(36)32-21)22-13-31-12-16-2-4-17(8-19(16)22)33-7-6-27(28,29)14-33/h2-5,8-10,12-13,21,24H,6-7,14H2,1H3,(H,32,36). The van der Waals surface area contributed by atoms with E-state index in [4.69, 9.17) is 4.74 Å². The smallest absolute Gasteiger partial charge is 0.329 e. The van der Waals surface area contributed by atoms with Crippen molar-refractivity contribution >= 4 is 50.8 Å². The number of methoxy groups -OCH3 is 1. The minimum Gasteiger partial charge on any atom is -0.497 e. The molecule has 0 aliphatic carbocycles. The first kappa shape index (κ1) is 24.2. The number of fused-ring (bicyclic) bond motifs is 2. The topological polar surface area (TPSA) is 98.6 Å². The van der Waals surface area contributed by atoms with E-state index in [1.807, 2.05) is 0 Å². The van der Waals surface area contributed by atoms with Crippen LogP contribution in [0.3, 0.4) is 0 Å². The number of nitrogens with one attached hydrogen (secondary N) is 1. The molecule has 2 saturated heterocycles. The number of halogens is 2. The lowest BCUT2D eigenvalue weighted by Gasteiger charge is -2.33. The number of nitriles is 1. The lowest BCUT2D eigenvalue weighted by molar-refractivity contribution is -0.118. The number of nitrogens with zero attached hydrogens (tertiary/aromatic N) is 4. The molecule has 4 heterocycles. The molecule has 2 atom stereocenters. The highest BCUT2D eigenvalue weighted by molar-refractivity contribution is 8.09. The van der Waals surface area contributed by atoms with Crippen molar-refractivity contribution in [2.75, 3.05) is 30.0 Å². The maximum Gasteiger partial charge on any atom is 0.329 e. The number of amides is 3. The first-order valence-corrected chi connectivity index (χ1v) is 12.8. The summed E-state index contributed by atoms with van der Waals surface area (Å²) >= 11 is 1.27. The molecule has 8 nitrogen and oxygen atoms in total. The molecule has 38 heavy (non-hydrogen) atoms. The predicted molar refractivity (Wildman–Crippen MR) is 140 cm³/mol. The molecule has 2 aromatic carbocycles. The van der Waals surface area contributed by atoms with E-state index in [9.17, 15) is 23.6 Å². The molecule has 11 heteroatoms. The van der Waals surface area contributed by atoms with Gasteiger partial charge in [-0.05, 0) is 36.4 Å². The number of hydrogen-bond donors (Lipinski definition) is 1. The molecular formula is C27H21F2N5O3S. The molecule has 3 aliphatic heterocycles. The van der Waals surface area contributed by atoms with Gasteiger partial charge in [-0.25, -0.2) is 18.5 Å². The van der Waals surface area contributed by atoms with Gasteiger partial charge in [0.2, 0.25) is 0 Å². The molecule has 1 N–H and O–H groups in total. The van der Waals surface area contributed by atoms with Gasteiger partial charge in [0.25, 0.3) is 11.8 Å². The number of ether oxygens (including phenoxy) is 1. The molecule has 0 saturated carbocycles. The van der Waals surface area contributed by atoms with E-state index in [1.54, 1.807) is 53.6 Å². The highest BCUT2D eigenvalue weighted by Gasteiger charge is 2.46. The number of urea groups is 1. The summed E-state index contributed by atoms with van der Waals surface area (Å²) in [7, 11) is 1.53. The van der Waals surface area contributed by atoms with Gasteiger partial charge >= 0.3 is 6.03 Å². The van der Waals surface area contributed by atoms with Crippen LogP contribution < -0.4 is 19.9 Å². The van der Waals surface area contributed by atoms with Crippen LogP contribution in [0.2, 0.25) is 0 Å². The summed E-state index contributed by atoms with van der Waals surface area (Å²) in [6.07, 6.45) is 4.60. The van der Waals surface area contributed by atoms with Gasteiger partial charge in [-0.1, -0.05) is 6.07 Å². The number of carbonyl (C=O) groups excluding carboxylic acids is 2. The van der Waals surface area contributed by atoms with Crippen molar-refractivity contribution in [1.82, 2.24) is 10.3 Å². The minimum absolute atomic E-state index is 0.214. The quantitative estimate of drug-likeness (QED) is 0.526. The van der Waals surface area contributed by atoms with Crippen LogP contribution in [0.5, 0.6) is 5.75 Å². The third-order valence-corrected chi connectivity index (χ3v) is 8.34. The van der Waals surface area contributed by atoms with Crippen LogP contribution in [0.25, 0.3) is 15.7 Å². The van der Waals surface area contributed by atoms with Gasteiger partial charge in [-0.2, -0.15) is 5.26 Å². The van der Waals surface area contributed by atoms with E-state index >= 15 is 0 Å². The lowest BCUT2D eigenvalue weighted by Crippen LogP contribution is -2.60. The molecule has 6 rings (SSSR count). The van der Waals surface area contributed by atoms with Crippen LogP contribution in [-0.4, -0.2) is 54.3 Å². The Kier molecular flexibility index (Phi) is 5.72. The third kappa shape index (κ3) is 4.01. The number of hydrogen-bond acceptors (Lipinski definition) is 7. The van der Waals surface area contributed by atoms with Gasteiger partial charge < -0.3 is 15.0 Å². The van der Waals surface area contributed by atoms with Gasteiger partial charge in [0.15, 0.2) is 0 Å². The van der Waals surface area contributed by atoms with Gasteiger partial charge in [0, 0.05) is 46.1 Å². The van der Waals surface area contributed by atoms with E-state index in [1.165, 1.54) is 25.1 Å². The van der Waals surface area contributed by atoms with E-state index in [0.29, 0.717) is 38.2 Å². The Morgan fingerprint density at radius 2 is 2.05 bits per heavy atom. The fourth-order valence-corrected chi connectivity index (χ4v) is 6.35. The number of benzene rings is 2. The average Bonchev–Trinajstić information content (AvgIpc) is 3.51. The summed E-state index contributed by atoms with van der Waals surface area (Å²) in [6, 6.07) is 11.3. The van der Waals surface area contributed by atoms with Gasteiger partial charge in [0.1, 0.15) is 11.0 Å². The second-order valence-electron chi connectivity index (χ2n) is 9.33. The first-order chi connectivity index (χ1) is 18.3. The SMILES string of the molecule is COc1ccc(C#N)c(C2=CC3NC(=O)N(c4cncc5ccc(N6CCC(F)(F)C6)cc45)C(=O)C3S2)c1. The Balaban J connectivity index is 1.34. The Bertz CT molecular complexity index is 1570. The highest BCUT2D eigenvalue weighted by atomic mass is 32.2. The number of aromatic nitrogens is 1. The normalized spacial score (nSPS) is 22.2. The Labute approximate surface area is 220 Å². The maximum absolute atomic E-state index is 13.8. The summed E-state index contributed by atoms with van der Waals surface area (Å²) in [4.78, 5) is 34.5. The van der Waals surface area contributed by atoms with Crippen LogP contribution in [0.4, 0.5) is 25.0 Å². The molecule has 0 bridgehead atoms. The fourth-order valence-electron chi connectivity index (χ4n) is 5.06. The fraction of sp³-hybridized carbons (Fsp3) is 0.259. The number of imide groups is 1. The van der Waals surface area contributed by atoms with Crippen LogP contribution in [0, 0.1) is 11.3 Å². The van der Waals surface area contributed by atoms with Crippen LogP contribution in [0.1, 0.15) is 17.5 Å². The van der Waals surface area contributed by atoms with E-state index in [-0.39, 0.29) is 25.2 Å². The molecular weight excluding hydrogens is 512 g/mol. The van der Waals surface area contributed by atoms with Crippen molar-refractivity contribution in [3.8, 4) is 11.8 Å². The molecule has 0 radical (unpaired) electrons. The highest BCUT2D eigenvalue weighted by Crippen LogP contribution is 2.45. The zero-order valence-corrected chi connectivity index (χ0v) is 21.0. The predicted octanol–water partition coefficient (Wildman–Crippen LogP) is 4.54. The largest absolute Gasteiger partial charge is 0.497 e. The second-order valence-corrected chi connectivity index (χ2v) is 10.5. The Morgan fingerprint density at radius 3 is 2.79 bits per heavy atom. The van der Waals surface area contributed by atoms with Crippen molar-refractivity contribution in [3.05, 3.63) is 66.0 Å². The maximum atomic E-state index is 13.8. The van der Waals surface area contributed by atoms with Gasteiger partial charge in [0.05, 0.1) is 43.2 Å². The van der Waals surface area contributed by atoms with Crippen molar-refractivity contribution in [1.29, 1.82) is 5.26 Å². The van der Waals surface area contributed by atoms with Crippen molar-refractivity contribution in [3.63, 3.8) is 0 Å². The van der Waals surface area contributed by atoms with Crippen molar-refractivity contribution < 1.29 is 23.1 Å². The molecule has 192 valence electrons. The molecule has 3 aliphatic rings. The minimum atomic E-state index is -2.76. The molecule has 3 amide bonds. The molecule has 2 unspecified atom stereocenters. The Morgan fingerprint density at radius 1 is 1.21 bits per heavy atom. The summed E-state index contributed by atoms with van der Waals surface area (Å²) in [5.74, 6) is -2.61. The summed E-state index contributed by atoms with van der Waals surface area (Å²) < 4.78 is 33.0. The number of anilines is 2. The number of carbonyl (C=O) groups is 2. The molecule has 3 aromatic rings. The average molecular weight is 534 g/mol. The van der Waals surface area contributed by atoms with Crippen LogP contribution >= 0.6 is 11.8 Å². The van der Waals surface area contributed by atoms with Crippen molar-refractivity contribution in [2.45, 2.75) is 23.6 Å². The Hall–Kier alpha value is -4.17. The van der Waals surface area contributed by atoms with Gasteiger partial charge in [-0.3, -0.25) is 9.78 Å². The molecule has 1 aromatic heterocycles. The van der Waals surface area contributed by atoms with Gasteiger partial charge in [-0.15, -0.1) is 11.8 Å². The van der Waals surface area contributed by atoms with E-state index < -0.39 is 29.2 Å². The number of pyridine rings is 1. The number of rotatable bonds is 4. The molecule has 0 spiro atoms.